The second-order valence-corrected chi connectivity index (χ2v) is 6.29. The summed E-state index contributed by atoms with van der Waals surface area (Å²) in [5.74, 6) is -0.633. The average Bonchev–Trinajstić information content (AvgIpc) is 2.70. The van der Waals surface area contributed by atoms with Gasteiger partial charge in [0, 0.05) is 6.04 Å². The molecule has 0 atom stereocenters. The van der Waals surface area contributed by atoms with Gasteiger partial charge in [-0.05, 0) is 23.0 Å². The standard InChI is InChI=1S/C15H21FN2O/c1-14(2)13(15(14,3)4)17-9-12(19)18-11-8-6-5-7-10(11)16/h5-8,13,17H,9H2,1-4H3,(H,18,19). The first-order valence-electron chi connectivity index (χ1n) is 6.54. The van der Waals surface area contributed by atoms with E-state index < -0.39 is 5.82 Å². The van der Waals surface area contributed by atoms with Crippen LogP contribution >= 0.6 is 0 Å². The van der Waals surface area contributed by atoms with Crippen LogP contribution in [0.15, 0.2) is 24.3 Å². The monoisotopic (exact) mass is 264 g/mol. The number of halogens is 1. The van der Waals surface area contributed by atoms with Gasteiger partial charge in [-0.25, -0.2) is 4.39 Å². The van der Waals surface area contributed by atoms with Crippen molar-refractivity contribution in [1.82, 2.24) is 5.32 Å². The number of hydrogen-bond acceptors (Lipinski definition) is 2. The van der Waals surface area contributed by atoms with E-state index in [0.717, 1.165) is 0 Å². The van der Waals surface area contributed by atoms with Crippen LogP contribution in [0, 0.1) is 16.6 Å². The van der Waals surface area contributed by atoms with Gasteiger partial charge < -0.3 is 10.6 Å². The van der Waals surface area contributed by atoms with Crippen LogP contribution in [0.4, 0.5) is 10.1 Å². The van der Waals surface area contributed by atoms with Gasteiger partial charge in [0.2, 0.25) is 5.91 Å². The van der Waals surface area contributed by atoms with Crippen molar-refractivity contribution in [2.45, 2.75) is 33.7 Å². The number of anilines is 1. The predicted octanol–water partition coefficient (Wildman–Crippen LogP) is 2.79. The molecule has 2 rings (SSSR count). The van der Waals surface area contributed by atoms with E-state index in [1.165, 1.54) is 6.07 Å². The summed E-state index contributed by atoms with van der Waals surface area (Å²) in [6.45, 7) is 8.92. The molecule has 1 aromatic carbocycles. The summed E-state index contributed by atoms with van der Waals surface area (Å²) < 4.78 is 13.4. The molecule has 104 valence electrons. The van der Waals surface area contributed by atoms with Crippen LogP contribution in [0.3, 0.4) is 0 Å². The Bertz CT molecular complexity index is 483. The van der Waals surface area contributed by atoms with Crippen molar-refractivity contribution in [3.63, 3.8) is 0 Å². The van der Waals surface area contributed by atoms with Crippen molar-refractivity contribution >= 4 is 11.6 Å². The van der Waals surface area contributed by atoms with E-state index in [-0.39, 0.29) is 29.0 Å². The molecule has 1 aliphatic rings. The molecule has 1 amide bonds. The van der Waals surface area contributed by atoms with Gasteiger partial charge in [0.15, 0.2) is 0 Å². The van der Waals surface area contributed by atoms with Gasteiger partial charge >= 0.3 is 0 Å². The Morgan fingerprint density at radius 1 is 1.21 bits per heavy atom. The summed E-state index contributed by atoms with van der Waals surface area (Å²) in [6, 6.07) is 6.48. The molecule has 0 heterocycles. The van der Waals surface area contributed by atoms with E-state index in [1.54, 1.807) is 18.2 Å². The molecular formula is C15H21FN2O. The fourth-order valence-electron chi connectivity index (χ4n) is 2.66. The van der Waals surface area contributed by atoms with Gasteiger partial charge in [-0.1, -0.05) is 39.8 Å². The Morgan fingerprint density at radius 3 is 2.32 bits per heavy atom. The Balaban J connectivity index is 1.86. The predicted molar refractivity (Wildman–Crippen MR) is 74.4 cm³/mol. The maximum absolute atomic E-state index is 13.4. The summed E-state index contributed by atoms with van der Waals surface area (Å²) in [5.41, 5.74) is 0.597. The van der Waals surface area contributed by atoms with E-state index in [2.05, 4.69) is 38.3 Å². The largest absolute Gasteiger partial charge is 0.322 e. The Morgan fingerprint density at radius 2 is 1.79 bits per heavy atom. The van der Waals surface area contributed by atoms with Gasteiger partial charge in [-0.15, -0.1) is 0 Å². The maximum atomic E-state index is 13.4. The maximum Gasteiger partial charge on any atom is 0.238 e. The summed E-state index contributed by atoms with van der Waals surface area (Å²) in [6.07, 6.45) is 0. The first-order valence-corrected chi connectivity index (χ1v) is 6.54. The van der Waals surface area contributed by atoms with Crippen LogP contribution in [0.1, 0.15) is 27.7 Å². The fourth-order valence-corrected chi connectivity index (χ4v) is 2.66. The Labute approximate surface area is 113 Å². The lowest BCUT2D eigenvalue weighted by molar-refractivity contribution is -0.115. The van der Waals surface area contributed by atoms with Gasteiger partial charge in [-0.2, -0.15) is 0 Å². The molecule has 0 saturated heterocycles. The zero-order chi connectivity index (χ0) is 14.3. The first-order chi connectivity index (χ1) is 8.76. The van der Waals surface area contributed by atoms with Crippen LogP contribution in [0.5, 0.6) is 0 Å². The van der Waals surface area contributed by atoms with Gasteiger partial charge in [0.25, 0.3) is 0 Å². The summed E-state index contributed by atoms with van der Waals surface area (Å²) in [5, 5.41) is 5.81. The third kappa shape index (κ3) is 2.50. The van der Waals surface area contributed by atoms with E-state index in [9.17, 15) is 9.18 Å². The van der Waals surface area contributed by atoms with E-state index in [0.29, 0.717) is 6.04 Å². The number of carbonyl (C=O) groups is 1. The van der Waals surface area contributed by atoms with Crippen LogP contribution < -0.4 is 10.6 Å². The molecule has 2 N–H and O–H groups in total. The smallest absolute Gasteiger partial charge is 0.238 e. The number of para-hydroxylation sites is 1. The minimum Gasteiger partial charge on any atom is -0.322 e. The van der Waals surface area contributed by atoms with Gasteiger partial charge in [0.1, 0.15) is 5.82 Å². The first kappa shape index (κ1) is 14.0. The molecule has 1 aromatic rings. The lowest BCUT2D eigenvalue weighted by Gasteiger charge is -2.08. The molecule has 1 saturated carbocycles. The highest BCUT2D eigenvalue weighted by Gasteiger charge is 2.64. The second-order valence-electron chi connectivity index (χ2n) is 6.29. The minimum absolute atomic E-state index is 0.186. The highest BCUT2D eigenvalue weighted by molar-refractivity contribution is 5.92. The van der Waals surface area contributed by atoms with Crippen molar-refractivity contribution in [2.24, 2.45) is 10.8 Å². The Hall–Kier alpha value is -1.42. The van der Waals surface area contributed by atoms with E-state index in [4.69, 9.17) is 0 Å². The number of hydrogen-bond donors (Lipinski definition) is 2. The van der Waals surface area contributed by atoms with Crippen LogP contribution in [-0.2, 0) is 4.79 Å². The molecule has 0 bridgehead atoms. The molecule has 1 aliphatic carbocycles. The molecule has 0 unspecified atom stereocenters. The summed E-state index contributed by atoms with van der Waals surface area (Å²) >= 11 is 0. The molecule has 0 aromatic heterocycles. The number of carbonyl (C=O) groups excluding carboxylic acids is 1. The molecule has 4 heteroatoms. The zero-order valence-corrected chi connectivity index (χ0v) is 11.9. The number of amides is 1. The second kappa shape index (κ2) is 4.60. The van der Waals surface area contributed by atoms with Crippen LogP contribution in [-0.4, -0.2) is 18.5 Å². The topological polar surface area (TPSA) is 41.1 Å². The van der Waals surface area contributed by atoms with Gasteiger partial charge in [0.05, 0.1) is 12.2 Å². The fraction of sp³-hybridized carbons (Fsp3) is 0.533. The normalized spacial score (nSPS) is 20.1. The molecule has 0 spiro atoms. The van der Waals surface area contributed by atoms with E-state index >= 15 is 0 Å². The number of benzene rings is 1. The highest BCUT2D eigenvalue weighted by atomic mass is 19.1. The third-order valence-corrected chi connectivity index (χ3v) is 4.64. The molecule has 19 heavy (non-hydrogen) atoms. The highest BCUT2D eigenvalue weighted by Crippen LogP contribution is 2.62. The van der Waals surface area contributed by atoms with Gasteiger partial charge in [-0.3, -0.25) is 4.79 Å². The summed E-state index contributed by atoms with van der Waals surface area (Å²) in [4.78, 5) is 11.8. The van der Waals surface area contributed by atoms with Crippen LogP contribution in [0.2, 0.25) is 0 Å². The Kier molecular flexibility index (Phi) is 3.39. The van der Waals surface area contributed by atoms with Crippen molar-refractivity contribution in [3.05, 3.63) is 30.1 Å². The van der Waals surface area contributed by atoms with Crippen molar-refractivity contribution in [1.29, 1.82) is 0 Å². The molecule has 3 nitrogen and oxygen atoms in total. The average molecular weight is 264 g/mol. The SMILES string of the molecule is CC1(C)C(NCC(=O)Nc2ccccc2F)C1(C)C. The van der Waals surface area contributed by atoms with Crippen LogP contribution in [0.25, 0.3) is 0 Å². The van der Waals surface area contributed by atoms with Crippen molar-refractivity contribution in [2.75, 3.05) is 11.9 Å². The minimum atomic E-state index is -0.414. The third-order valence-electron chi connectivity index (χ3n) is 4.64. The number of rotatable bonds is 4. The lowest BCUT2D eigenvalue weighted by Crippen LogP contribution is -2.32. The van der Waals surface area contributed by atoms with Crippen molar-refractivity contribution < 1.29 is 9.18 Å². The molecule has 0 aliphatic heterocycles. The molecular weight excluding hydrogens is 243 g/mol. The zero-order valence-electron chi connectivity index (χ0n) is 11.9. The quantitative estimate of drug-likeness (QED) is 0.878. The number of nitrogens with one attached hydrogen (secondary N) is 2. The molecule has 1 fully saturated rings. The van der Waals surface area contributed by atoms with E-state index in [1.807, 2.05) is 0 Å². The van der Waals surface area contributed by atoms with Crippen molar-refractivity contribution in [3.8, 4) is 0 Å². The summed E-state index contributed by atoms with van der Waals surface area (Å²) in [7, 11) is 0. The molecule has 0 radical (unpaired) electrons. The lowest BCUT2D eigenvalue weighted by atomic mass is 10.0.